The monoisotopic (exact) mass is 403 g/mol. The first-order valence-corrected chi connectivity index (χ1v) is 9.18. The Morgan fingerprint density at radius 2 is 1.60 bits per heavy atom. The van der Waals surface area contributed by atoms with Gasteiger partial charge in [0, 0.05) is 10.2 Å². The van der Waals surface area contributed by atoms with Crippen LogP contribution in [0.5, 0.6) is 0 Å². The first kappa shape index (κ1) is 16.3. The predicted molar refractivity (Wildman–Crippen MR) is 95.4 cm³/mol. The van der Waals surface area contributed by atoms with Gasteiger partial charge in [-0.1, -0.05) is 28.1 Å². The van der Waals surface area contributed by atoms with Gasteiger partial charge in [-0.15, -0.1) is 0 Å². The lowest BCUT2D eigenvalue weighted by Crippen LogP contribution is -2.43. The van der Waals surface area contributed by atoms with Crippen LogP contribution < -0.4 is 10.6 Å². The van der Waals surface area contributed by atoms with E-state index >= 15 is 0 Å². The number of hydrogen-bond donors (Lipinski definition) is 2. The first-order chi connectivity index (χ1) is 12.0. The van der Waals surface area contributed by atoms with Crippen molar-refractivity contribution in [3.63, 3.8) is 0 Å². The maximum absolute atomic E-state index is 12.6. The van der Waals surface area contributed by atoms with Crippen LogP contribution in [0.4, 0.5) is 10.5 Å². The molecule has 4 unspecified atom stereocenters. The SMILES string of the molecule is O=C(NCN1C(=O)C2C3C=CC(CC3)C2C1=O)Nc1ccc(Br)cc1. The highest BCUT2D eigenvalue weighted by molar-refractivity contribution is 9.10. The lowest BCUT2D eigenvalue weighted by molar-refractivity contribution is -0.140. The minimum atomic E-state index is -0.445. The van der Waals surface area contributed by atoms with E-state index in [1.807, 2.05) is 12.1 Å². The van der Waals surface area contributed by atoms with Crippen molar-refractivity contribution in [2.24, 2.45) is 23.7 Å². The minimum Gasteiger partial charge on any atom is -0.320 e. The largest absolute Gasteiger partial charge is 0.320 e. The van der Waals surface area contributed by atoms with E-state index in [0.29, 0.717) is 5.69 Å². The van der Waals surface area contributed by atoms with Gasteiger partial charge in [0.15, 0.2) is 0 Å². The second kappa shape index (κ2) is 6.29. The number of likely N-dealkylation sites (tertiary alicyclic amines) is 1. The van der Waals surface area contributed by atoms with Gasteiger partial charge in [-0.3, -0.25) is 14.5 Å². The molecule has 0 radical (unpaired) electrons. The van der Waals surface area contributed by atoms with Crippen LogP contribution in [0.15, 0.2) is 40.9 Å². The molecule has 1 aromatic rings. The molecule has 4 amide bonds. The van der Waals surface area contributed by atoms with Crippen molar-refractivity contribution in [3.05, 3.63) is 40.9 Å². The Bertz CT molecular complexity index is 729. The van der Waals surface area contributed by atoms with Gasteiger partial charge in [-0.05, 0) is 48.9 Å². The highest BCUT2D eigenvalue weighted by Crippen LogP contribution is 2.49. The summed E-state index contributed by atoms with van der Waals surface area (Å²) in [5.74, 6) is -0.475. The molecule has 2 bridgehead atoms. The molecule has 0 spiro atoms. The van der Waals surface area contributed by atoms with Gasteiger partial charge >= 0.3 is 6.03 Å². The van der Waals surface area contributed by atoms with Crippen LogP contribution >= 0.6 is 15.9 Å². The molecule has 1 saturated carbocycles. The molecule has 3 aliphatic carbocycles. The van der Waals surface area contributed by atoms with Crippen LogP contribution in [-0.4, -0.2) is 29.4 Å². The summed E-state index contributed by atoms with van der Waals surface area (Å²) in [5, 5.41) is 5.29. The van der Waals surface area contributed by atoms with Crippen LogP contribution in [0.1, 0.15) is 12.8 Å². The number of nitrogens with zero attached hydrogens (tertiary/aromatic N) is 1. The third-order valence-electron chi connectivity index (χ3n) is 5.35. The lowest BCUT2D eigenvalue weighted by Gasteiger charge is -2.38. The molecule has 1 heterocycles. The van der Waals surface area contributed by atoms with Crippen molar-refractivity contribution in [2.75, 3.05) is 12.0 Å². The summed E-state index contributed by atoms with van der Waals surface area (Å²) in [6.45, 7) is -0.0908. The van der Waals surface area contributed by atoms with Gasteiger partial charge in [-0.25, -0.2) is 4.79 Å². The van der Waals surface area contributed by atoms with Crippen molar-refractivity contribution in [2.45, 2.75) is 12.8 Å². The highest BCUT2D eigenvalue weighted by atomic mass is 79.9. The Labute approximate surface area is 153 Å². The number of amides is 4. The number of hydrogen-bond acceptors (Lipinski definition) is 3. The van der Waals surface area contributed by atoms with E-state index in [4.69, 9.17) is 0 Å². The van der Waals surface area contributed by atoms with Crippen LogP contribution in [-0.2, 0) is 9.59 Å². The van der Waals surface area contributed by atoms with E-state index in [1.54, 1.807) is 12.1 Å². The van der Waals surface area contributed by atoms with Crippen molar-refractivity contribution >= 4 is 39.5 Å². The van der Waals surface area contributed by atoms with E-state index in [1.165, 1.54) is 4.90 Å². The summed E-state index contributed by atoms with van der Waals surface area (Å²) in [6, 6.07) is 6.70. The first-order valence-electron chi connectivity index (χ1n) is 8.38. The van der Waals surface area contributed by atoms with Gasteiger partial charge in [0.25, 0.3) is 0 Å². The number of halogens is 1. The van der Waals surface area contributed by atoms with E-state index in [2.05, 4.69) is 38.7 Å². The lowest BCUT2D eigenvalue weighted by atomic mass is 9.63. The molecule has 6 nitrogen and oxygen atoms in total. The van der Waals surface area contributed by atoms with Crippen LogP contribution in [0, 0.1) is 23.7 Å². The average Bonchev–Trinajstić information content (AvgIpc) is 2.89. The zero-order chi connectivity index (χ0) is 17.6. The Balaban J connectivity index is 1.38. The summed E-state index contributed by atoms with van der Waals surface area (Å²) in [4.78, 5) is 38.5. The maximum Gasteiger partial charge on any atom is 0.320 e. The smallest absolute Gasteiger partial charge is 0.320 e. The number of carbonyl (C=O) groups excluding carboxylic acids is 3. The van der Waals surface area contributed by atoms with Gasteiger partial charge in [0.1, 0.15) is 6.67 Å². The molecule has 25 heavy (non-hydrogen) atoms. The number of imide groups is 1. The number of fused-ring (bicyclic) bond motifs is 1. The standard InChI is InChI=1S/C18H18BrN3O3/c19-12-5-7-13(8-6-12)21-18(25)20-9-22-16(23)14-10-1-2-11(4-3-10)15(14)17(22)24/h1-2,5-8,10-11,14-15H,3-4,9H2,(H2,20,21,25). The third kappa shape index (κ3) is 2.86. The van der Waals surface area contributed by atoms with Crippen LogP contribution in [0.3, 0.4) is 0 Å². The molecule has 2 N–H and O–H groups in total. The molecule has 4 atom stereocenters. The van der Waals surface area contributed by atoms with E-state index < -0.39 is 6.03 Å². The molecular weight excluding hydrogens is 386 g/mol. The van der Waals surface area contributed by atoms with Gasteiger partial charge in [0.05, 0.1) is 11.8 Å². The molecular formula is C18H18BrN3O3. The molecule has 130 valence electrons. The molecule has 0 aromatic heterocycles. The fourth-order valence-corrected chi connectivity index (χ4v) is 4.42. The number of carbonyl (C=O) groups is 3. The van der Waals surface area contributed by atoms with Crippen molar-refractivity contribution in [1.29, 1.82) is 0 Å². The number of urea groups is 1. The van der Waals surface area contributed by atoms with E-state index in [-0.39, 0.29) is 42.2 Å². The number of anilines is 1. The van der Waals surface area contributed by atoms with Crippen LogP contribution in [0.2, 0.25) is 0 Å². The maximum atomic E-state index is 12.6. The summed E-state index contributed by atoms with van der Waals surface area (Å²) in [7, 11) is 0. The third-order valence-corrected chi connectivity index (χ3v) is 5.88. The van der Waals surface area contributed by atoms with Crippen LogP contribution in [0.25, 0.3) is 0 Å². The molecule has 1 aliphatic heterocycles. The quantitative estimate of drug-likeness (QED) is 0.601. The second-order valence-electron chi connectivity index (χ2n) is 6.74. The van der Waals surface area contributed by atoms with E-state index in [0.717, 1.165) is 17.3 Å². The topological polar surface area (TPSA) is 78.5 Å². The average molecular weight is 404 g/mol. The molecule has 1 saturated heterocycles. The summed E-state index contributed by atoms with van der Waals surface area (Å²) in [5.41, 5.74) is 0.635. The summed E-state index contributed by atoms with van der Waals surface area (Å²) < 4.78 is 0.914. The molecule has 7 heteroatoms. The number of rotatable bonds is 3. The number of allylic oxidation sites excluding steroid dienone is 2. The highest BCUT2D eigenvalue weighted by Gasteiger charge is 2.56. The zero-order valence-corrected chi connectivity index (χ0v) is 15.0. The predicted octanol–water partition coefficient (Wildman–Crippen LogP) is 2.73. The minimum absolute atomic E-state index is 0.0908. The fraction of sp³-hybridized carbons (Fsp3) is 0.389. The molecule has 1 aromatic carbocycles. The Kier molecular flexibility index (Phi) is 4.11. The Morgan fingerprint density at radius 1 is 1.04 bits per heavy atom. The van der Waals surface area contributed by atoms with Crippen molar-refractivity contribution in [3.8, 4) is 0 Å². The molecule has 2 fully saturated rings. The number of nitrogens with one attached hydrogen (secondary N) is 2. The van der Waals surface area contributed by atoms with Gasteiger partial charge < -0.3 is 10.6 Å². The van der Waals surface area contributed by atoms with Gasteiger partial charge in [-0.2, -0.15) is 0 Å². The summed E-state index contributed by atoms with van der Waals surface area (Å²) in [6.07, 6.45) is 6.09. The Hall–Kier alpha value is -2.15. The summed E-state index contributed by atoms with van der Waals surface area (Å²) >= 11 is 3.33. The Morgan fingerprint density at radius 3 is 2.12 bits per heavy atom. The van der Waals surface area contributed by atoms with Crippen molar-refractivity contribution < 1.29 is 14.4 Å². The molecule has 5 rings (SSSR count). The van der Waals surface area contributed by atoms with E-state index in [9.17, 15) is 14.4 Å². The second-order valence-corrected chi connectivity index (χ2v) is 7.66. The zero-order valence-electron chi connectivity index (χ0n) is 13.4. The fourth-order valence-electron chi connectivity index (χ4n) is 4.15. The number of benzene rings is 1. The molecule has 4 aliphatic rings. The van der Waals surface area contributed by atoms with Gasteiger partial charge in [0.2, 0.25) is 11.8 Å². The normalized spacial score (nSPS) is 29.7. The van der Waals surface area contributed by atoms with Crippen molar-refractivity contribution in [1.82, 2.24) is 10.2 Å².